The van der Waals surface area contributed by atoms with Crippen molar-refractivity contribution in [2.45, 2.75) is 59.0 Å². The lowest BCUT2D eigenvalue weighted by Gasteiger charge is -2.36. The molecule has 0 aromatic rings. The molecule has 22 heavy (non-hydrogen) atoms. The van der Waals surface area contributed by atoms with Gasteiger partial charge in [-0.2, -0.15) is 4.79 Å². The fourth-order valence-electron chi connectivity index (χ4n) is 3.01. The van der Waals surface area contributed by atoms with Gasteiger partial charge in [0.1, 0.15) is 6.10 Å². The third kappa shape index (κ3) is 4.92. The van der Waals surface area contributed by atoms with Crippen LogP contribution in [0.15, 0.2) is 12.7 Å². The van der Waals surface area contributed by atoms with E-state index >= 15 is 0 Å². The minimum absolute atomic E-state index is 0.0900. The van der Waals surface area contributed by atoms with Gasteiger partial charge < -0.3 is 10.3 Å². The summed E-state index contributed by atoms with van der Waals surface area (Å²) < 4.78 is 5.51. The summed E-state index contributed by atoms with van der Waals surface area (Å²) in [7, 11) is 0. The van der Waals surface area contributed by atoms with Gasteiger partial charge in [0.25, 0.3) is 5.78 Å². The Morgan fingerprint density at radius 3 is 2.64 bits per heavy atom. The molecule has 0 radical (unpaired) electrons. The Labute approximate surface area is 132 Å². The number of hydrogen-bond donors (Lipinski definition) is 0. The Hall–Kier alpha value is -1.74. The number of ether oxygens (including phenoxy) is 1. The van der Waals surface area contributed by atoms with Crippen LogP contribution in [0.2, 0.25) is 0 Å². The van der Waals surface area contributed by atoms with Crippen LogP contribution in [-0.2, 0) is 14.3 Å². The van der Waals surface area contributed by atoms with E-state index in [1.807, 2.05) is 0 Å². The molecule has 122 valence electrons. The Bertz CT molecular complexity index is 478. The van der Waals surface area contributed by atoms with E-state index in [2.05, 4.69) is 32.1 Å². The standard InChI is InChI=1S/C17H26N2O3/c1-5-6-7-14(20)16(19-18)17(21)22-15-10-12(4)8-9-13(15)11(2)3/h5,11-13,15H,1,6-10H2,2-4H3/t12-,13+,15-/m1/s1. The lowest BCUT2D eigenvalue weighted by molar-refractivity contribution is -0.153. The van der Waals surface area contributed by atoms with E-state index in [9.17, 15) is 9.59 Å². The molecule has 0 aromatic heterocycles. The molecule has 0 saturated heterocycles. The SMILES string of the molecule is C=CCCC(=O)C(=[N+]=[N-])C(=O)O[C@@H]1C[C@H](C)CC[C@H]1C(C)C. The molecule has 1 saturated carbocycles. The van der Waals surface area contributed by atoms with Gasteiger partial charge in [-0.1, -0.05) is 33.3 Å². The van der Waals surface area contributed by atoms with Gasteiger partial charge >= 0.3 is 11.7 Å². The zero-order valence-corrected chi connectivity index (χ0v) is 13.7. The summed E-state index contributed by atoms with van der Waals surface area (Å²) >= 11 is 0. The number of carbonyl (C=O) groups excluding carboxylic acids is 2. The number of ketones is 1. The lowest BCUT2D eigenvalue weighted by Crippen LogP contribution is -2.39. The summed E-state index contributed by atoms with van der Waals surface area (Å²) in [6.45, 7) is 9.87. The average molecular weight is 306 g/mol. The summed E-state index contributed by atoms with van der Waals surface area (Å²) in [4.78, 5) is 26.9. The molecule has 0 bridgehead atoms. The maximum absolute atomic E-state index is 12.2. The predicted octanol–water partition coefficient (Wildman–Crippen LogP) is 3.20. The zero-order valence-electron chi connectivity index (χ0n) is 13.7. The van der Waals surface area contributed by atoms with E-state index in [4.69, 9.17) is 10.3 Å². The highest BCUT2D eigenvalue weighted by atomic mass is 16.5. The molecule has 3 atom stereocenters. The molecule has 1 aliphatic rings. The lowest BCUT2D eigenvalue weighted by atomic mass is 9.75. The molecule has 5 nitrogen and oxygen atoms in total. The third-order valence-electron chi connectivity index (χ3n) is 4.35. The zero-order chi connectivity index (χ0) is 16.7. The predicted molar refractivity (Wildman–Crippen MR) is 84.3 cm³/mol. The van der Waals surface area contributed by atoms with Crippen molar-refractivity contribution < 1.29 is 19.1 Å². The van der Waals surface area contributed by atoms with E-state index in [1.54, 1.807) is 6.08 Å². The van der Waals surface area contributed by atoms with Crippen molar-refractivity contribution in [3.05, 3.63) is 18.2 Å². The van der Waals surface area contributed by atoms with Gasteiger partial charge in [-0.25, -0.2) is 4.79 Å². The first kappa shape index (κ1) is 18.3. The summed E-state index contributed by atoms with van der Waals surface area (Å²) in [5, 5.41) is 0. The van der Waals surface area contributed by atoms with Gasteiger partial charge in [-0.05, 0) is 37.0 Å². The van der Waals surface area contributed by atoms with Crippen LogP contribution in [0.1, 0.15) is 52.9 Å². The average Bonchev–Trinajstić information content (AvgIpc) is 2.45. The molecule has 0 heterocycles. The van der Waals surface area contributed by atoms with Crippen LogP contribution in [0.4, 0.5) is 0 Å². The highest BCUT2D eigenvalue weighted by molar-refractivity contribution is 6.62. The van der Waals surface area contributed by atoms with E-state index < -0.39 is 17.5 Å². The number of esters is 1. The van der Waals surface area contributed by atoms with Crippen LogP contribution in [-0.4, -0.2) is 28.4 Å². The van der Waals surface area contributed by atoms with Crippen LogP contribution in [0.25, 0.3) is 5.53 Å². The maximum atomic E-state index is 12.2. The Morgan fingerprint density at radius 2 is 2.09 bits per heavy atom. The maximum Gasteiger partial charge on any atom is 0.441 e. The molecular weight excluding hydrogens is 280 g/mol. The summed E-state index contributed by atoms with van der Waals surface area (Å²) in [5.41, 5.74) is 8.45. The number of nitrogens with zero attached hydrogens (tertiary/aromatic N) is 2. The van der Waals surface area contributed by atoms with Crippen LogP contribution < -0.4 is 0 Å². The summed E-state index contributed by atoms with van der Waals surface area (Å²) in [6.07, 6.45) is 4.79. The molecule has 0 amide bonds. The highest BCUT2D eigenvalue weighted by Crippen LogP contribution is 2.35. The van der Waals surface area contributed by atoms with Gasteiger partial charge in [0.05, 0.1) is 0 Å². The number of Topliss-reactive ketones (excluding diaryl/α,β-unsaturated/α-hetero) is 1. The minimum atomic E-state index is -0.818. The van der Waals surface area contributed by atoms with Crippen molar-refractivity contribution in [1.82, 2.24) is 0 Å². The van der Waals surface area contributed by atoms with E-state index in [0.29, 0.717) is 18.3 Å². The fourth-order valence-corrected chi connectivity index (χ4v) is 3.01. The van der Waals surface area contributed by atoms with Gasteiger partial charge in [0, 0.05) is 6.42 Å². The normalized spacial score (nSPS) is 24.5. The molecule has 0 N–H and O–H groups in total. The van der Waals surface area contributed by atoms with Crippen molar-refractivity contribution in [1.29, 1.82) is 0 Å². The molecule has 1 fully saturated rings. The first-order valence-electron chi connectivity index (χ1n) is 7.97. The second-order valence-electron chi connectivity index (χ2n) is 6.47. The fraction of sp³-hybridized carbons (Fsp3) is 0.706. The van der Waals surface area contributed by atoms with Gasteiger partial charge in [-0.3, -0.25) is 4.79 Å². The Morgan fingerprint density at radius 1 is 1.41 bits per heavy atom. The highest BCUT2D eigenvalue weighted by Gasteiger charge is 2.38. The number of hydrogen-bond acceptors (Lipinski definition) is 3. The number of carbonyl (C=O) groups is 2. The van der Waals surface area contributed by atoms with Gasteiger partial charge in [-0.15, -0.1) is 6.58 Å². The van der Waals surface area contributed by atoms with Crippen LogP contribution in [0.5, 0.6) is 0 Å². The molecule has 0 unspecified atom stereocenters. The van der Waals surface area contributed by atoms with Gasteiger partial charge in [0.2, 0.25) is 0 Å². The monoisotopic (exact) mass is 306 g/mol. The molecule has 5 heteroatoms. The summed E-state index contributed by atoms with van der Waals surface area (Å²) in [5.74, 6) is -0.169. The van der Waals surface area contributed by atoms with E-state index in [0.717, 1.165) is 19.3 Å². The number of allylic oxidation sites excluding steroid dienone is 1. The van der Waals surface area contributed by atoms with Crippen molar-refractivity contribution in [3.8, 4) is 0 Å². The second-order valence-corrected chi connectivity index (χ2v) is 6.47. The molecular formula is C17H26N2O3. The molecule has 1 aliphatic carbocycles. The second kappa shape index (κ2) is 8.64. The van der Waals surface area contributed by atoms with Crippen molar-refractivity contribution in [2.75, 3.05) is 0 Å². The van der Waals surface area contributed by atoms with Crippen LogP contribution >= 0.6 is 0 Å². The van der Waals surface area contributed by atoms with E-state index in [1.165, 1.54) is 0 Å². The largest absolute Gasteiger partial charge is 0.453 e. The number of rotatable bonds is 7. The van der Waals surface area contributed by atoms with Crippen LogP contribution in [0.3, 0.4) is 0 Å². The van der Waals surface area contributed by atoms with Crippen molar-refractivity contribution >= 4 is 17.5 Å². The topological polar surface area (TPSA) is 79.8 Å². The minimum Gasteiger partial charge on any atom is -0.453 e. The third-order valence-corrected chi connectivity index (χ3v) is 4.35. The van der Waals surface area contributed by atoms with Crippen molar-refractivity contribution in [3.63, 3.8) is 0 Å². The molecule has 0 aliphatic heterocycles. The Balaban J connectivity index is 2.77. The first-order valence-corrected chi connectivity index (χ1v) is 7.97. The van der Waals surface area contributed by atoms with Gasteiger partial charge in [0.15, 0.2) is 0 Å². The molecule has 0 aromatic carbocycles. The van der Waals surface area contributed by atoms with E-state index in [-0.39, 0.29) is 18.4 Å². The first-order chi connectivity index (χ1) is 10.4. The smallest absolute Gasteiger partial charge is 0.441 e. The van der Waals surface area contributed by atoms with Crippen LogP contribution in [0, 0.1) is 17.8 Å². The quantitative estimate of drug-likeness (QED) is 0.181. The Kier molecular flexibility index (Phi) is 7.19. The summed E-state index contributed by atoms with van der Waals surface area (Å²) in [6, 6.07) is 0. The molecule has 1 rings (SSSR count). The van der Waals surface area contributed by atoms with Crippen molar-refractivity contribution in [2.24, 2.45) is 17.8 Å². The molecule has 0 spiro atoms.